The number of thiazole rings is 1. The van der Waals surface area contributed by atoms with Gasteiger partial charge in [0.1, 0.15) is 16.5 Å². The quantitative estimate of drug-likeness (QED) is 0.543. The van der Waals surface area contributed by atoms with Crippen LogP contribution in [-0.2, 0) is 18.3 Å². The van der Waals surface area contributed by atoms with Crippen LogP contribution in [0.25, 0.3) is 10.6 Å². The highest BCUT2D eigenvalue weighted by atomic mass is 32.1. The molecule has 1 aliphatic rings. The molecule has 0 unspecified atom stereocenters. The van der Waals surface area contributed by atoms with Crippen molar-refractivity contribution >= 4 is 17.2 Å². The lowest BCUT2D eigenvalue weighted by atomic mass is 10.1. The zero-order valence-electron chi connectivity index (χ0n) is 17.2. The van der Waals surface area contributed by atoms with Crippen LogP contribution >= 0.6 is 11.3 Å². The third-order valence-electron chi connectivity index (χ3n) is 5.04. The second kappa shape index (κ2) is 9.29. The van der Waals surface area contributed by atoms with E-state index in [2.05, 4.69) is 14.7 Å². The number of halogens is 3. The zero-order valence-corrected chi connectivity index (χ0v) is 18.0. The van der Waals surface area contributed by atoms with Gasteiger partial charge in [-0.25, -0.2) is 9.97 Å². The normalized spacial score (nSPS) is 15.0. The second-order valence-electron chi connectivity index (χ2n) is 7.42. The molecule has 0 bridgehead atoms. The van der Waals surface area contributed by atoms with E-state index in [1.165, 1.54) is 35.6 Å². The van der Waals surface area contributed by atoms with Crippen LogP contribution < -0.4 is 4.74 Å². The van der Waals surface area contributed by atoms with E-state index < -0.39 is 6.36 Å². The van der Waals surface area contributed by atoms with E-state index in [1.807, 2.05) is 5.38 Å². The smallest absolute Gasteiger partial charge is 0.406 e. The van der Waals surface area contributed by atoms with Crippen molar-refractivity contribution in [2.45, 2.75) is 31.8 Å². The number of ether oxygens (including phenoxy) is 2. The first-order chi connectivity index (χ1) is 15.3. The number of aromatic nitrogens is 3. The molecule has 0 atom stereocenters. The van der Waals surface area contributed by atoms with Gasteiger partial charge in [-0.3, -0.25) is 4.79 Å². The summed E-state index contributed by atoms with van der Waals surface area (Å²) in [6, 6.07) is 5.58. The highest BCUT2D eigenvalue weighted by molar-refractivity contribution is 7.13. The molecule has 170 valence electrons. The van der Waals surface area contributed by atoms with E-state index in [-0.39, 0.29) is 17.7 Å². The van der Waals surface area contributed by atoms with E-state index in [1.54, 1.807) is 29.0 Å². The van der Waals surface area contributed by atoms with Crippen molar-refractivity contribution in [2.24, 2.45) is 7.05 Å². The number of hydrogen-bond acceptors (Lipinski definition) is 6. The molecule has 0 radical (unpaired) electrons. The summed E-state index contributed by atoms with van der Waals surface area (Å²) < 4.78 is 48.1. The lowest BCUT2D eigenvalue weighted by molar-refractivity contribution is -0.274. The van der Waals surface area contributed by atoms with E-state index in [9.17, 15) is 18.0 Å². The maximum atomic E-state index is 13.2. The summed E-state index contributed by atoms with van der Waals surface area (Å²) in [6.07, 6.45) is 0.00428. The molecule has 1 saturated heterocycles. The third-order valence-corrected chi connectivity index (χ3v) is 5.98. The molecule has 0 saturated carbocycles. The molecule has 0 aliphatic carbocycles. The van der Waals surface area contributed by atoms with Crippen molar-refractivity contribution < 1.29 is 27.4 Å². The largest absolute Gasteiger partial charge is 0.573 e. The van der Waals surface area contributed by atoms with Crippen molar-refractivity contribution in [2.75, 3.05) is 13.2 Å². The van der Waals surface area contributed by atoms with E-state index >= 15 is 0 Å². The molecular formula is C21H21F3N4O3S. The second-order valence-corrected chi connectivity index (χ2v) is 8.28. The first-order valence-corrected chi connectivity index (χ1v) is 10.8. The highest BCUT2D eigenvalue weighted by Crippen LogP contribution is 2.29. The van der Waals surface area contributed by atoms with Gasteiger partial charge in [0, 0.05) is 43.4 Å². The van der Waals surface area contributed by atoms with Crippen LogP contribution in [0.1, 0.15) is 29.0 Å². The number of hydrogen-bond donors (Lipinski definition) is 0. The summed E-state index contributed by atoms with van der Waals surface area (Å²) in [7, 11) is 1.81. The Kier molecular flexibility index (Phi) is 6.47. The molecule has 32 heavy (non-hydrogen) atoms. The number of aryl methyl sites for hydroxylation is 1. The van der Waals surface area contributed by atoms with Gasteiger partial charge < -0.3 is 18.9 Å². The number of rotatable bonds is 6. The molecule has 1 amide bonds. The lowest BCUT2D eigenvalue weighted by Crippen LogP contribution is -2.43. The lowest BCUT2D eigenvalue weighted by Gasteiger charge is -2.33. The SMILES string of the molecule is Cn1cnc(C(=O)N(Cc2csc(-c3ccc(OC(F)(F)F)cc3)n2)C2CCOCC2)c1. The van der Waals surface area contributed by atoms with Gasteiger partial charge >= 0.3 is 6.36 Å². The van der Waals surface area contributed by atoms with Crippen molar-refractivity contribution in [3.8, 4) is 16.3 Å². The molecule has 1 aliphatic heterocycles. The molecule has 1 fully saturated rings. The Labute approximate surface area is 186 Å². The standard InChI is InChI=1S/C21H21F3N4O3S/c1-27-11-18(25-13-27)20(29)28(16-6-8-30-9-7-16)10-15-12-32-19(26-15)14-2-4-17(5-3-14)31-21(22,23)24/h2-5,11-13,16H,6-10H2,1H3. The van der Waals surface area contributed by atoms with Crippen LogP contribution in [0.2, 0.25) is 0 Å². The minimum absolute atomic E-state index is 0.0159. The zero-order chi connectivity index (χ0) is 22.7. The van der Waals surface area contributed by atoms with Crippen LogP contribution in [0.3, 0.4) is 0 Å². The van der Waals surface area contributed by atoms with Gasteiger partial charge in [0.05, 0.1) is 18.6 Å². The van der Waals surface area contributed by atoms with Crippen LogP contribution in [0.4, 0.5) is 13.2 Å². The van der Waals surface area contributed by atoms with Crippen molar-refractivity contribution in [1.29, 1.82) is 0 Å². The van der Waals surface area contributed by atoms with E-state index in [4.69, 9.17) is 4.74 Å². The average Bonchev–Trinajstić information content (AvgIpc) is 3.41. The van der Waals surface area contributed by atoms with Crippen LogP contribution in [0.5, 0.6) is 5.75 Å². The van der Waals surface area contributed by atoms with Gasteiger partial charge in [-0.1, -0.05) is 0 Å². The molecule has 11 heteroatoms. The minimum atomic E-state index is -4.73. The van der Waals surface area contributed by atoms with Crippen LogP contribution in [0.15, 0.2) is 42.2 Å². The Morgan fingerprint density at radius 3 is 2.62 bits per heavy atom. The van der Waals surface area contributed by atoms with Crippen molar-refractivity contribution in [3.05, 3.63) is 53.6 Å². The topological polar surface area (TPSA) is 69.5 Å². The first kappa shape index (κ1) is 22.3. The van der Waals surface area contributed by atoms with Crippen molar-refractivity contribution in [3.63, 3.8) is 0 Å². The molecule has 3 heterocycles. The Bertz CT molecular complexity index is 1060. The Balaban J connectivity index is 1.51. The number of carbonyl (C=O) groups excluding carboxylic acids is 1. The summed E-state index contributed by atoms with van der Waals surface area (Å²) in [4.78, 5) is 23.7. The molecular weight excluding hydrogens is 445 g/mol. The fourth-order valence-electron chi connectivity index (χ4n) is 3.52. The fraction of sp³-hybridized carbons (Fsp3) is 0.381. The number of alkyl halides is 3. The highest BCUT2D eigenvalue weighted by Gasteiger charge is 2.31. The molecule has 0 spiro atoms. The predicted molar refractivity (Wildman–Crippen MR) is 111 cm³/mol. The Morgan fingerprint density at radius 1 is 1.28 bits per heavy atom. The predicted octanol–water partition coefficient (Wildman–Crippen LogP) is 4.26. The molecule has 7 nitrogen and oxygen atoms in total. The summed E-state index contributed by atoms with van der Waals surface area (Å²) in [5, 5.41) is 2.50. The van der Waals surface area contributed by atoms with Gasteiger partial charge in [0.15, 0.2) is 0 Å². The van der Waals surface area contributed by atoms with Gasteiger partial charge in [-0.05, 0) is 37.1 Å². The molecule has 4 rings (SSSR count). The molecule has 2 aromatic heterocycles. The minimum Gasteiger partial charge on any atom is -0.406 e. The monoisotopic (exact) mass is 466 g/mol. The van der Waals surface area contributed by atoms with Crippen molar-refractivity contribution in [1.82, 2.24) is 19.4 Å². The maximum absolute atomic E-state index is 13.2. The number of amides is 1. The Morgan fingerprint density at radius 2 is 2.00 bits per heavy atom. The third kappa shape index (κ3) is 5.46. The Hall–Kier alpha value is -2.92. The summed E-state index contributed by atoms with van der Waals surface area (Å²) in [5.74, 6) is -0.453. The average molecular weight is 466 g/mol. The first-order valence-electron chi connectivity index (χ1n) is 9.96. The summed E-state index contributed by atoms with van der Waals surface area (Å²) >= 11 is 1.37. The van der Waals surface area contributed by atoms with Gasteiger partial charge in [-0.2, -0.15) is 0 Å². The van der Waals surface area contributed by atoms with Gasteiger partial charge in [0.2, 0.25) is 0 Å². The fourth-order valence-corrected chi connectivity index (χ4v) is 4.34. The maximum Gasteiger partial charge on any atom is 0.573 e. The van der Waals surface area contributed by atoms with Crippen LogP contribution in [0, 0.1) is 0 Å². The number of nitrogens with zero attached hydrogens (tertiary/aromatic N) is 4. The summed E-state index contributed by atoms with van der Waals surface area (Å²) in [6.45, 7) is 1.49. The number of benzene rings is 1. The van der Waals surface area contributed by atoms with Gasteiger partial charge in [0.25, 0.3) is 5.91 Å². The molecule has 3 aromatic rings. The summed E-state index contributed by atoms with van der Waals surface area (Å²) in [5.41, 5.74) is 1.75. The van der Waals surface area contributed by atoms with Crippen LogP contribution in [-0.4, -0.2) is 51.0 Å². The number of imidazole rings is 1. The van der Waals surface area contributed by atoms with E-state index in [0.717, 1.165) is 12.8 Å². The number of carbonyl (C=O) groups is 1. The van der Waals surface area contributed by atoms with E-state index in [0.29, 0.717) is 41.7 Å². The molecule has 1 aromatic carbocycles. The molecule has 0 N–H and O–H groups in total. The van der Waals surface area contributed by atoms with Gasteiger partial charge in [-0.15, -0.1) is 24.5 Å².